The predicted octanol–water partition coefficient (Wildman–Crippen LogP) is 2.57. The van der Waals surface area contributed by atoms with Crippen LogP contribution in [-0.4, -0.2) is 26.8 Å². The number of hydrogen-bond donors (Lipinski definition) is 1. The molecule has 1 N–H and O–H groups in total. The molecule has 0 spiro atoms. The van der Waals surface area contributed by atoms with Gasteiger partial charge in [0.25, 0.3) is 0 Å². The summed E-state index contributed by atoms with van der Waals surface area (Å²) in [5, 5.41) is 3.38. The number of hydrogen-bond acceptors (Lipinski definition) is 2. The van der Waals surface area contributed by atoms with Crippen molar-refractivity contribution in [3.05, 3.63) is 34.9 Å². The van der Waals surface area contributed by atoms with Gasteiger partial charge in [-0.2, -0.15) is 0 Å². The van der Waals surface area contributed by atoms with Gasteiger partial charge in [0.1, 0.15) is 0 Å². The lowest BCUT2D eigenvalue weighted by molar-refractivity contribution is -0.0986. The highest BCUT2D eigenvalue weighted by atomic mass is 16.5. The van der Waals surface area contributed by atoms with Crippen LogP contribution in [0.1, 0.15) is 29.5 Å². The molecule has 0 bridgehead atoms. The van der Waals surface area contributed by atoms with Crippen LogP contribution in [0, 0.1) is 19.3 Å². The van der Waals surface area contributed by atoms with Gasteiger partial charge >= 0.3 is 0 Å². The van der Waals surface area contributed by atoms with Crippen molar-refractivity contribution in [2.75, 3.05) is 26.8 Å². The third kappa shape index (κ3) is 1.55. The molecule has 98 valence electrons. The molecular formula is C16H23NO. The van der Waals surface area contributed by atoms with E-state index in [9.17, 15) is 0 Å². The Morgan fingerprint density at radius 2 is 1.89 bits per heavy atom. The van der Waals surface area contributed by atoms with Crippen LogP contribution in [0.2, 0.25) is 0 Å². The van der Waals surface area contributed by atoms with E-state index in [-0.39, 0.29) is 5.41 Å². The lowest BCUT2D eigenvalue weighted by Gasteiger charge is -2.49. The molecule has 0 atom stereocenters. The molecule has 2 fully saturated rings. The summed E-state index contributed by atoms with van der Waals surface area (Å²) in [5.41, 5.74) is 4.99. The number of ether oxygens (including phenoxy) is 1. The van der Waals surface area contributed by atoms with E-state index >= 15 is 0 Å². The largest absolute Gasteiger partial charge is 0.379 e. The molecule has 2 aliphatic rings. The van der Waals surface area contributed by atoms with Gasteiger partial charge in [-0.3, -0.25) is 0 Å². The van der Waals surface area contributed by atoms with Gasteiger partial charge in [0, 0.05) is 12.0 Å². The van der Waals surface area contributed by atoms with Gasteiger partial charge in [-0.05, 0) is 55.8 Å². The highest BCUT2D eigenvalue weighted by molar-refractivity contribution is 5.40. The first-order chi connectivity index (χ1) is 8.63. The van der Waals surface area contributed by atoms with Crippen LogP contribution >= 0.6 is 0 Å². The third-order valence-electron chi connectivity index (χ3n) is 5.14. The molecule has 1 aromatic rings. The molecule has 0 aromatic heterocycles. The molecule has 1 aliphatic carbocycles. The van der Waals surface area contributed by atoms with Crippen molar-refractivity contribution < 1.29 is 4.74 Å². The summed E-state index contributed by atoms with van der Waals surface area (Å²) in [6.07, 6.45) is 2.67. The minimum absolute atomic E-state index is 0.272. The highest BCUT2D eigenvalue weighted by Gasteiger charge is 2.62. The molecular weight excluding hydrogens is 222 g/mol. The summed E-state index contributed by atoms with van der Waals surface area (Å²) in [4.78, 5) is 0. The van der Waals surface area contributed by atoms with Gasteiger partial charge in [0.2, 0.25) is 0 Å². The quantitative estimate of drug-likeness (QED) is 0.880. The van der Waals surface area contributed by atoms with E-state index in [1.54, 1.807) is 0 Å². The number of benzene rings is 1. The zero-order valence-electron chi connectivity index (χ0n) is 11.7. The lowest BCUT2D eigenvalue weighted by Crippen LogP contribution is -2.56. The Labute approximate surface area is 110 Å². The Kier molecular flexibility index (Phi) is 2.76. The minimum atomic E-state index is 0.272. The van der Waals surface area contributed by atoms with Gasteiger partial charge < -0.3 is 10.1 Å². The predicted molar refractivity (Wildman–Crippen MR) is 74.0 cm³/mol. The van der Waals surface area contributed by atoms with Crippen LogP contribution < -0.4 is 5.32 Å². The molecule has 0 radical (unpaired) electrons. The van der Waals surface area contributed by atoms with Gasteiger partial charge in [-0.1, -0.05) is 18.2 Å². The van der Waals surface area contributed by atoms with E-state index in [0.29, 0.717) is 5.41 Å². The summed E-state index contributed by atoms with van der Waals surface area (Å²) >= 11 is 0. The minimum Gasteiger partial charge on any atom is -0.379 e. The molecule has 2 heteroatoms. The van der Waals surface area contributed by atoms with Crippen LogP contribution in [0.3, 0.4) is 0 Å². The average Bonchev–Trinajstić information content (AvgIpc) is 3.03. The first kappa shape index (κ1) is 12.2. The Morgan fingerprint density at radius 1 is 1.17 bits per heavy atom. The van der Waals surface area contributed by atoms with Crippen molar-refractivity contribution >= 4 is 0 Å². The van der Waals surface area contributed by atoms with Crippen LogP contribution in [0.4, 0.5) is 0 Å². The van der Waals surface area contributed by atoms with Crippen molar-refractivity contribution in [2.24, 2.45) is 5.41 Å². The van der Waals surface area contributed by atoms with Gasteiger partial charge in [0.15, 0.2) is 0 Å². The van der Waals surface area contributed by atoms with Crippen molar-refractivity contribution in [2.45, 2.75) is 32.1 Å². The van der Waals surface area contributed by atoms with E-state index in [1.165, 1.54) is 29.5 Å². The van der Waals surface area contributed by atoms with Crippen LogP contribution in [0.25, 0.3) is 0 Å². The van der Waals surface area contributed by atoms with E-state index in [4.69, 9.17) is 4.74 Å². The van der Waals surface area contributed by atoms with Crippen molar-refractivity contribution in [1.82, 2.24) is 5.32 Å². The van der Waals surface area contributed by atoms with Crippen molar-refractivity contribution in [3.8, 4) is 0 Å². The lowest BCUT2D eigenvalue weighted by atomic mass is 9.65. The summed E-state index contributed by atoms with van der Waals surface area (Å²) in [6.45, 7) is 7.31. The molecule has 1 saturated heterocycles. The second-order valence-electron chi connectivity index (χ2n) is 6.18. The van der Waals surface area contributed by atoms with Gasteiger partial charge in [-0.15, -0.1) is 0 Å². The Hall–Kier alpha value is -0.860. The standard InChI is InChI=1S/C16H23NO/c1-12-4-5-14(8-13(12)2)16(10-18-11-16)15(6-7-15)9-17-3/h4-5,8,17H,6-7,9-11H2,1-3H3. The summed E-state index contributed by atoms with van der Waals surface area (Å²) in [6, 6.07) is 6.97. The molecule has 1 aromatic carbocycles. The Morgan fingerprint density at radius 3 is 2.33 bits per heavy atom. The summed E-state index contributed by atoms with van der Waals surface area (Å²) in [7, 11) is 2.06. The molecule has 1 saturated carbocycles. The first-order valence-electron chi connectivity index (χ1n) is 6.94. The maximum atomic E-state index is 5.61. The number of aryl methyl sites for hydroxylation is 2. The third-order valence-corrected chi connectivity index (χ3v) is 5.14. The summed E-state index contributed by atoms with van der Waals surface area (Å²) < 4.78 is 5.61. The molecule has 1 aliphatic heterocycles. The highest BCUT2D eigenvalue weighted by Crippen LogP contribution is 2.62. The van der Waals surface area contributed by atoms with E-state index in [0.717, 1.165) is 19.8 Å². The second-order valence-corrected chi connectivity index (χ2v) is 6.18. The maximum Gasteiger partial charge on any atom is 0.0591 e. The smallest absolute Gasteiger partial charge is 0.0591 e. The fourth-order valence-electron chi connectivity index (χ4n) is 3.44. The fraction of sp³-hybridized carbons (Fsp3) is 0.625. The molecule has 2 nitrogen and oxygen atoms in total. The Balaban J connectivity index is 1.99. The zero-order chi connectivity index (χ0) is 12.8. The van der Waals surface area contributed by atoms with Crippen LogP contribution in [0.15, 0.2) is 18.2 Å². The van der Waals surface area contributed by atoms with E-state index in [2.05, 4.69) is 44.4 Å². The summed E-state index contributed by atoms with van der Waals surface area (Å²) in [5.74, 6) is 0. The van der Waals surface area contributed by atoms with Crippen LogP contribution in [-0.2, 0) is 10.2 Å². The average molecular weight is 245 g/mol. The molecule has 3 rings (SSSR count). The van der Waals surface area contributed by atoms with Gasteiger partial charge in [0.05, 0.1) is 13.2 Å². The first-order valence-corrected chi connectivity index (χ1v) is 6.94. The van der Waals surface area contributed by atoms with E-state index < -0.39 is 0 Å². The van der Waals surface area contributed by atoms with Gasteiger partial charge in [-0.25, -0.2) is 0 Å². The zero-order valence-corrected chi connectivity index (χ0v) is 11.7. The SMILES string of the molecule is CNCC1(C2(c3ccc(C)c(C)c3)COC2)CC1. The van der Waals surface area contributed by atoms with Crippen molar-refractivity contribution in [3.63, 3.8) is 0 Å². The topological polar surface area (TPSA) is 21.3 Å². The molecule has 1 heterocycles. The molecule has 0 amide bonds. The number of rotatable bonds is 4. The number of nitrogens with one attached hydrogen (secondary N) is 1. The molecule has 18 heavy (non-hydrogen) atoms. The molecule has 0 unspecified atom stereocenters. The monoisotopic (exact) mass is 245 g/mol. The van der Waals surface area contributed by atoms with Crippen LogP contribution in [0.5, 0.6) is 0 Å². The normalized spacial score (nSPS) is 23.5. The van der Waals surface area contributed by atoms with E-state index in [1.807, 2.05) is 0 Å². The Bertz CT molecular complexity index is 458. The second kappa shape index (κ2) is 4.07. The fourth-order valence-corrected chi connectivity index (χ4v) is 3.44. The van der Waals surface area contributed by atoms with Crippen molar-refractivity contribution in [1.29, 1.82) is 0 Å². The maximum absolute atomic E-state index is 5.61.